The van der Waals surface area contributed by atoms with Crippen LogP contribution < -0.4 is 0 Å². The number of nitrogens with zero attached hydrogens (tertiary/aromatic N) is 4. The molecular weight excluding hydrogens is 365 g/mol. The number of halogens is 3. The van der Waals surface area contributed by atoms with Crippen LogP contribution in [0.4, 0.5) is 13.2 Å². The van der Waals surface area contributed by atoms with Crippen molar-refractivity contribution in [1.29, 1.82) is 0 Å². The minimum Gasteiger partial charge on any atom is -0.370 e. The fourth-order valence-corrected chi connectivity index (χ4v) is 2.15. The van der Waals surface area contributed by atoms with E-state index < -0.39 is 12.1 Å². The highest BCUT2D eigenvalue weighted by molar-refractivity contribution is 5.62. The van der Waals surface area contributed by atoms with Crippen molar-refractivity contribution in [3.8, 4) is 22.8 Å². The second-order valence-electron chi connectivity index (χ2n) is 6.33. The van der Waals surface area contributed by atoms with E-state index in [0.717, 1.165) is 0 Å². The van der Waals surface area contributed by atoms with Gasteiger partial charge in [0.15, 0.2) is 0 Å². The number of ether oxygens (including phenoxy) is 1. The van der Waals surface area contributed by atoms with Crippen LogP contribution in [0.1, 0.15) is 38.6 Å². The molecule has 1 atom stereocenters. The predicted octanol–water partition coefficient (Wildman–Crippen LogP) is 4.54. The van der Waals surface area contributed by atoms with Gasteiger partial charge in [0, 0.05) is 17.7 Å². The Bertz CT molecular complexity index is 887. The van der Waals surface area contributed by atoms with E-state index in [4.69, 9.17) is 9.26 Å². The molecule has 3 aromatic rings. The molecule has 0 aliphatic heterocycles. The third-order valence-electron chi connectivity index (χ3n) is 3.54. The van der Waals surface area contributed by atoms with Gasteiger partial charge in [-0.1, -0.05) is 36.3 Å². The van der Waals surface area contributed by atoms with Gasteiger partial charge >= 0.3 is 12.1 Å². The second kappa shape index (κ2) is 7.47. The molecule has 1 aromatic carbocycles. The Labute approximate surface area is 152 Å². The first-order chi connectivity index (χ1) is 12.7. The second-order valence-corrected chi connectivity index (χ2v) is 6.33. The van der Waals surface area contributed by atoms with E-state index in [2.05, 4.69) is 24.8 Å². The monoisotopic (exact) mass is 382 g/mol. The molecule has 0 amide bonds. The van der Waals surface area contributed by atoms with Gasteiger partial charge in [-0.2, -0.15) is 23.1 Å². The van der Waals surface area contributed by atoms with E-state index in [9.17, 15) is 13.2 Å². The summed E-state index contributed by atoms with van der Waals surface area (Å²) in [6.07, 6.45) is -5.00. The van der Waals surface area contributed by atoms with Gasteiger partial charge in [0.2, 0.25) is 11.6 Å². The highest BCUT2D eigenvalue weighted by Gasteiger charge is 2.38. The Balaban J connectivity index is 1.73. The van der Waals surface area contributed by atoms with Gasteiger partial charge < -0.3 is 13.8 Å². The summed E-state index contributed by atoms with van der Waals surface area (Å²) in [5, 5.41) is 7.25. The smallest absolute Gasteiger partial charge is 0.370 e. The van der Waals surface area contributed by atoms with Crippen molar-refractivity contribution in [3.05, 3.63) is 36.0 Å². The van der Waals surface area contributed by atoms with E-state index in [1.54, 1.807) is 24.3 Å². The van der Waals surface area contributed by atoms with Crippen molar-refractivity contribution in [2.24, 2.45) is 5.92 Å². The number of hydrogen-bond acceptors (Lipinski definition) is 7. The van der Waals surface area contributed by atoms with E-state index >= 15 is 0 Å². The summed E-state index contributed by atoms with van der Waals surface area (Å²) in [4.78, 5) is 7.64. The minimum atomic E-state index is -4.68. The van der Waals surface area contributed by atoms with Crippen LogP contribution in [-0.2, 0) is 10.9 Å². The Hall–Kier alpha value is -2.75. The van der Waals surface area contributed by atoms with Gasteiger partial charge in [-0.25, -0.2) is 0 Å². The lowest BCUT2D eigenvalue weighted by molar-refractivity contribution is -0.159. The zero-order chi connectivity index (χ0) is 19.6. The third-order valence-corrected chi connectivity index (χ3v) is 3.54. The quantitative estimate of drug-likeness (QED) is 0.618. The molecule has 0 saturated carbocycles. The summed E-state index contributed by atoms with van der Waals surface area (Å²) in [7, 11) is 0. The zero-order valence-corrected chi connectivity index (χ0v) is 14.8. The van der Waals surface area contributed by atoms with Gasteiger partial charge in [0.05, 0.1) is 0 Å². The summed E-state index contributed by atoms with van der Waals surface area (Å²) < 4.78 is 52.7. The van der Waals surface area contributed by atoms with Gasteiger partial charge in [-0.3, -0.25) is 0 Å². The van der Waals surface area contributed by atoms with Crippen molar-refractivity contribution in [1.82, 2.24) is 20.3 Å². The number of aromatic nitrogens is 4. The molecule has 27 heavy (non-hydrogen) atoms. The maximum absolute atomic E-state index is 12.5. The number of rotatable bonds is 6. The summed E-state index contributed by atoms with van der Waals surface area (Å²) in [6, 6.07) is 6.33. The number of hydrogen-bond donors (Lipinski definition) is 0. The molecule has 2 heterocycles. The minimum absolute atomic E-state index is 0.157. The normalized spacial score (nSPS) is 13.3. The first-order valence-corrected chi connectivity index (χ1v) is 8.21. The largest absolute Gasteiger partial charge is 0.471 e. The summed E-state index contributed by atoms with van der Waals surface area (Å²) in [5.41, 5.74) is 0.972. The fraction of sp³-hybridized carbons (Fsp3) is 0.412. The van der Waals surface area contributed by atoms with Crippen LogP contribution in [0, 0.1) is 5.92 Å². The Morgan fingerprint density at radius 1 is 0.963 bits per heavy atom. The van der Waals surface area contributed by atoms with Crippen molar-refractivity contribution in [2.75, 3.05) is 6.61 Å². The van der Waals surface area contributed by atoms with Gasteiger partial charge in [0.1, 0.15) is 6.10 Å². The molecular formula is C17H17F3N4O3. The average Bonchev–Trinajstić information content (AvgIpc) is 3.29. The van der Waals surface area contributed by atoms with Crippen LogP contribution in [0.2, 0.25) is 0 Å². The zero-order valence-electron chi connectivity index (χ0n) is 14.8. The molecule has 0 aliphatic carbocycles. The Kier molecular flexibility index (Phi) is 5.26. The number of alkyl halides is 3. The SMILES string of the molecule is CC(C)COC(C)c1noc(-c2ccc(-c3noc(C(F)(F)F)n3)cc2)n1. The van der Waals surface area contributed by atoms with E-state index in [1.165, 1.54) is 0 Å². The summed E-state index contributed by atoms with van der Waals surface area (Å²) >= 11 is 0. The molecule has 0 aliphatic rings. The molecule has 0 saturated heterocycles. The topological polar surface area (TPSA) is 87.1 Å². The summed E-state index contributed by atoms with van der Waals surface area (Å²) in [5.74, 6) is -0.466. The summed E-state index contributed by atoms with van der Waals surface area (Å²) in [6.45, 7) is 6.48. The molecule has 2 aromatic heterocycles. The molecule has 0 bridgehead atoms. The van der Waals surface area contributed by atoms with Gasteiger partial charge in [-0.15, -0.1) is 0 Å². The highest BCUT2D eigenvalue weighted by atomic mass is 19.4. The lowest BCUT2D eigenvalue weighted by Crippen LogP contribution is -2.07. The van der Waals surface area contributed by atoms with Crippen molar-refractivity contribution >= 4 is 0 Å². The Morgan fingerprint density at radius 2 is 1.63 bits per heavy atom. The van der Waals surface area contributed by atoms with Crippen LogP contribution in [0.3, 0.4) is 0 Å². The van der Waals surface area contributed by atoms with Crippen LogP contribution in [-0.4, -0.2) is 26.9 Å². The predicted molar refractivity (Wildman–Crippen MR) is 87.2 cm³/mol. The maximum Gasteiger partial charge on any atom is 0.471 e. The third kappa shape index (κ3) is 4.51. The molecule has 10 heteroatoms. The maximum atomic E-state index is 12.5. The lowest BCUT2D eigenvalue weighted by Gasteiger charge is -2.10. The molecule has 0 N–H and O–H groups in total. The van der Waals surface area contributed by atoms with E-state index in [-0.39, 0.29) is 17.8 Å². The van der Waals surface area contributed by atoms with Crippen molar-refractivity contribution in [3.63, 3.8) is 0 Å². The van der Waals surface area contributed by atoms with E-state index in [0.29, 0.717) is 29.5 Å². The number of benzene rings is 1. The lowest BCUT2D eigenvalue weighted by atomic mass is 10.1. The molecule has 0 fully saturated rings. The van der Waals surface area contributed by atoms with Crippen LogP contribution >= 0.6 is 0 Å². The van der Waals surface area contributed by atoms with Crippen molar-refractivity contribution in [2.45, 2.75) is 33.1 Å². The van der Waals surface area contributed by atoms with Crippen LogP contribution in [0.5, 0.6) is 0 Å². The molecule has 0 radical (unpaired) electrons. The van der Waals surface area contributed by atoms with Gasteiger partial charge in [-0.05, 0) is 25.0 Å². The average molecular weight is 382 g/mol. The van der Waals surface area contributed by atoms with E-state index in [1.807, 2.05) is 20.8 Å². The first-order valence-electron chi connectivity index (χ1n) is 8.21. The molecule has 0 spiro atoms. The molecule has 144 valence electrons. The van der Waals surface area contributed by atoms with Crippen LogP contribution in [0.25, 0.3) is 22.8 Å². The highest BCUT2D eigenvalue weighted by Crippen LogP contribution is 2.30. The first kappa shape index (κ1) is 19.0. The Morgan fingerprint density at radius 3 is 2.22 bits per heavy atom. The van der Waals surface area contributed by atoms with Gasteiger partial charge in [0.25, 0.3) is 5.89 Å². The standard InChI is InChI=1S/C17H17F3N4O3/c1-9(2)8-25-10(3)13-21-15(26-23-13)12-6-4-11(5-7-12)14-22-16(27-24-14)17(18,19)20/h4-7,9-10H,8H2,1-3H3. The molecule has 1 unspecified atom stereocenters. The molecule has 3 rings (SSSR count). The fourth-order valence-electron chi connectivity index (χ4n) is 2.15. The van der Waals surface area contributed by atoms with Crippen LogP contribution in [0.15, 0.2) is 33.3 Å². The van der Waals surface area contributed by atoms with Crippen molar-refractivity contribution < 1.29 is 27.0 Å². The molecule has 7 nitrogen and oxygen atoms in total.